The number of rotatable bonds is 2. The van der Waals surface area contributed by atoms with Crippen LogP contribution in [0.25, 0.3) is 0 Å². The lowest BCUT2D eigenvalue weighted by Crippen LogP contribution is -2.47. The quantitative estimate of drug-likeness (QED) is 0.793. The van der Waals surface area contributed by atoms with Gasteiger partial charge in [-0.1, -0.05) is 74.5 Å². The normalized spacial score (nSPS) is 32.9. The van der Waals surface area contributed by atoms with Crippen molar-refractivity contribution in [1.82, 2.24) is 9.80 Å². The molecule has 0 bridgehead atoms. The SMILES string of the molecule is C[C@@H]1CN(C)CC[C@@]1(O)c1ccccc1.C[C@@H]1CN(C)CC[C@]1(O)c1ccccc1. The highest BCUT2D eigenvalue weighted by Crippen LogP contribution is 2.37. The second kappa shape index (κ2) is 9.61. The Morgan fingerprint density at radius 3 is 1.30 bits per heavy atom. The van der Waals surface area contributed by atoms with E-state index in [2.05, 4.69) is 37.7 Å². The third-order valence-electron chi connectivity index (χ3n) is 7.10. The van der Waals surface area contributed by atoms with E-state index in [0.717, 1.165) is 50.1 Å². The van der Waals surface area contributed by atoms with E-state index in [1.54, 1.807) is 0 Å². The summed E-state index contributed by atoms with van der Waals surface area (Å²) in [4.78, 5) is 4.56. The molecule has 0 radical (unpaired) electrons. The first kappa shape index (κ1) is 23.0. The largest absolute Gasteiger partial charge is 0.385 e. The van der Waals surface area contributed by atoms with Gasteiger partial charge in [-0.25, -0.2) is 0 Å². The van der Waals surface area contributed by atoms with Crippen molar-refractivity contribution in [3.8, 4) is 0 Å². The molecule has 2 saturated heterocycles. The minimum Gasteiger partial charge on any atom is -0.385 e. The van der Waals surface area contributed by atoms with Gasteiger partial charge >= 0.3 is 0 Å². The van der Waals surface area contributed by atoms with E-state index >= 15 is 0 Å². The van der Waals surface area contributed by atoms with Gasteiger partial charge in [0.05, 0.1) is 11.2 Å². The predicted octanol–water partition coefficient (Wildman–Crippen LogP) is 3.69. The summed E-state index contributed by atoms with van der Waals surface area (Å²) in [7, 11) is 4.22. The van der Waals surface area contributed by atoms with Crippen molar-refractivity contribution in [2.75, 3.05) is 40.3 Å². The monoisotopic (exact) mass is 410 g/mol. The minimum atomic E-state index is -0.631. The summed E-state index contributed by atoms with van der Waals surface area (Å²) in [6.07, 6.45) is 1.66. The van der Waals surface area contributed by atoms with Crippen LogP contribution in [0.1, 0.15) is 37.8 Å². The van der Waals surface area contributed by atoms with Gasteiger partial charge in [-0.3, -0.25) is 0 Å². The summed E-state index contributed by atoms with van der Waals surface area (Å²) in [5.74, 6) is 0.581. The lowest BCUT2D eigenvalue weighted by molar-refractivity contribution is -0.0661. The highest BCUT2D eigenvalue weighted by Gasteiger charge is 2.40. The van der Waals surface area contributed by atoms with Gasteiger partial charge in [0, 0.05) is 38.0 Å². The van der Waals surface area contributed by atoms with E-state index in [9.17, 15) is 10.2 Å². The van der Waals surface area contributed by atoms with Gasteiger partial charge in [-0.15, -0.1) is 0 Å². The molecule has 2 aromatic carbocycles. The number of hydrogen-bond acceptors (Lipinski definition) is 4. The standard InChI is InChI=1S/2C13H19NO/c2*1-11-10-14(2)9-8-13(11,15)12-6-4-3-5-7-12/h2*3-7,11,15H,8-10H2,1-2H3/t11-,13+;11-,13-/m11/s1. The van der Waals surface area contributed by atoms with Crippen molar-refractivity contribution in [2.45, 2.75) is 37.9 Å². The summed E-state index contributed by atoms with van der Waals surface area (Å²) >= 11 is 0. The molecular weight excluding hydrogens is 372 g/mol. The van der Waals surface area contributed by atoms with Gasteiger partial charge in [0.15, 0.2) is 0 Å². The molecule has 0 aromatic heterocycles. The molecule has 2 aliphatic heterocycles. The zero-order chi connectivity index (χ0) is 21.8. The maximum atomic E-state index is 10.7. The van der Waals surface area contributed by atoms with Crippen LogP contribution in [0.15, 0.2) is 60.7 Å². The number of aliphatic hydroxyl groups is 2. The van der Waals surface area contributed by atoms with Gasteiger partial charge in [-0.2, -0.15) is 0 Å². The van der Waals surface area contributed by atoms with Crippen molar-refractivity contribution < 1.29 is 10.2 Å². The molecule has 2 fully saturated rings. The Bertz CT molecular complexity index is 717. The lowest BCUT2D eigenvalue weighted by atomic mass is 9.77. The third kappa shape index (κ3) is 4.94. The summed E-state index contributed by atoms with van der Waals surface area (Å²) in [6, 6.07) is 20.1. The van der Waals surface area contributed by atoms with Crippen molar-refractivity contribution in [3.63, 3.8) is 0 Å². The lowest BCUT2D eigenvalue weighted by Gasteiger charge is -2.42. The molecule has 4 heteroatoms. The van der Waals surface area contributed by atoms with Crippen LogP contribution in [0.4, 0.5) is 0 Å². The molecule has 2 heterocycles. The number of benzene rings is 2. The topological polar surface area (TPSA) is 46.9 Å². The van der Waals surface area contributed by atoms with Gasteiger partial charge in [0.25, 0.3) is 0 Å². The Morgan fingerprint density at radius 1 is 0.667 bits per heavy atom. The third-order valence-corrected chi connectivity index (χ3v) is 7.10. The number of likely N-dealkylation sites (tertiary alicyclic amines) is 2. The predicted molar refractivity (Wildman–Crippen MR) is 123 cm³/mol. The fourth-order valence-corrected chi connectivity index (χ4v) is 4.95. The van der Waals surface area contributed by atoms with E-state index in [1.165, 1.54) is 0 Å². The fourth-order valence-electron chi connectivity index (χ4n) is 4.95. The number of piperidine rings is 2. The average molecular weight is 411 g/mol. The van der Waals surface area contributed by atoms with Crippen LogP contribution >= 0.6 is 0 Å². The molecule has 4 rings (SSSR count). The van der Waals surface area contributed by atoms with Crippen LogP contribution in [0.3, 0.4) is 0 Å². The molecule has 0 aliphatic carbocycles. The second-order valence-electron chi connectivity index (χ2n) is 9.41. The molecule has 2 aromatic rings. The first-order valence-corrected chi connectivity index (χ1v) is 11.2. The Balaban J connectivity index is 0.000000171. The molecule has 2 aliphatic rings. The maximum Gasteiger partial charge on any atom is 0.0946 e. The van der Waals surface area contributed by atoms with Gasteiger partial charge in [-0.05, 0) is 38.1 Å². The van der Waals surface area contributed by atoms with Crippen LogP contribution in [0, 0.1) is 11.8 Å². The van der Waals surface area contributed by atoms with E-state index in [1.807, 2.05) is 60.7 Å². The van der Waals surface area contributed by atoms with Crippen molar-refractivity contribution in [3.05, 3.63) is 71.8 Å². The fraction of sp³-hybridized carbons (Fsp3) is 0.538. The van der Waals surface area contributed by atoms with Crippen LogP contribution < -0.4 is 0 Å². The molecule has 0 amide bonds. The van der Waals surface area contributed by atoms with Gasteiger partial charge in [0.1, 0.15) is 0 Å². The molecular formula is C26H38N2O2. The highest BCUT2D eigenvalue weighted by atomic mass is 16.3. The van der Waals surface area contributed by atoms with E-state index in [0.29, 0.717) is 11.8 Å². The van der Waals surface area contributed by atoms with E-state index < -0.39 is 11.2 Å². The van der Waals surface area contributed by atoms with Gasteiger partial charge in [0.2, 0.25) is 0 Å². The van der Waals surface area contributed by atoms with E-state index in [-0.39, 0.29) is 0 Å². The highest BCUT2D eigenvalue weighted by molar-refractivity contribution is 5.25. The van der Waals surface area contributed by atoms with Crippen molar-refractivity contribution in [1.29, 1.82) is 0 Å². The molecule has 4 nitrogen and oxygen atoms in total. The van der Waals surface area contributed by atoms with E-state index in [4.69, 9.17) is 0 Å². The molecule has 30 heavy (non-hydrogen) atoms. The second-order valence-corrected chi connectivity index (χ2v) is 9.41. The molecule has 0 unspecified atom stereocenters. The first-order chi connectivity index (χ1) is 14.3. The summed E-state index contributed by atoms with van der Waals surface area (Å²) < 4.78 is 0. The number of hydrogen-bond donors (Lipinski definition) is 2. The Morgan fingerprint density at radius 2 is 1.00 bits per heavy atom. The van der Waals surface area contributed by atoms with Crippen LogP contribution in [-0.2, 0) is 11.2 Å². The summed E-state index contributed by atoms with van der Waals surface area (Å²) in [6.45, 7) is 8.12. The summed E-state index contributed by atoms with van der Waals surface area (Å²) in [5.41, 5.74) is 0.859. The molecule has 2 N–H and O–H groups in total. The molecule has 4 atom stereocenters. The molecule has 0 spiro atoms. The zero-order valence-electron chi connectivity index (χ0n) is 19.0. The average Bonchev–Trinajstić information content (AvgIpc) is 2.76. The molecule has 164 valence electrons. The maximum absolute atomic E-state index is 10.7. The van der Waals surface area contributed by atoms with Crippen LogP contribution in [0.5, 0.6) is 0 Å². The zero-order valence-corrected chi connectivity index (χ0v) is 19.0. The first-order valence-electron chi connectivity index (χ1n) is 11.2. The Hall–Kier alpha value is -1.72. The van der Waals surface area contributed by atoms with Crippen LogP contribution in [-0.4, -0.2) is 60.3 Å². The number of nitrogens with zero attached hydrogens (tertiary/aromatic N) is 2. The Kier molecular flexibility index (Phi) is 7.35. The van der Waals surface area contributed by atoms with Crippen molar-refractivity contribution in [2.24, 2.45) is 11.8 Å². The molecule has 0 saturated carbocycles. The van der Waals surface area contributed by atoms with Crippen molar-refractivity contribution >= 4 is 0 Å². The van der Waals surface area contributed by atoms with Crippen LogP contribution in [0.2, 0.25) is 0 Å². The van der Waals surface area contributed by atoms with Gasteiger partial charge < -0.3 is 20.0 Å². The smallest absolute Gasteiger partial charge is 0.0946 e. The minimum absolute atomic E-state index is 0.290. The Labute approximate surface area is 182 Å². The summed E-state index contributed by atoms with van der Waals surface area (Å²) in [5, 5.41) is 21.4.